The molecule has 154 valence electrons. The molecule has 28 heavy (non-hydrogen) atoms. The number of hydrogen-bond acceptors (Lipinski definition) is 2. The molecule has 6 heteroatoms. The van der Waals surface area contributed by atoms with E-state index in [9.17, 15) is 4.79 Å². The highest BCUT2D eigenvalue weighted by Crippen LogP contribution is 2.20. The first-order valence-corrected chi connectivity index (χ1v) is 11.1. The van der Waals surface area contributed by atoms with Gasteiger partial charge in [0.05, 0.1) is 26.2 Å². The van der Waals surface area contributed by atoms with Gasteiger partial charge in [-0.05, 0) is 54.6 Å². The van der Waals surface area contributed by atoms with Crippen molar-refractivity contribution in [2.45, 2.75) is 33.6 Å². The van der Waals surface area contributed by atoms with E-state index in [1.54, 1.807) is 0 Å². The topological polar surface area (TPSA) is 40.0 Å². The number of rotatable bonds is 4. The SMILES string of the molecule is CCc1ccc(NC(=S)N2CC[NH+](CC(=O)N3C[C@H](C)C[C@H](C)C3)CC2)cc1. The van der Waals surface area contributed by atoms with Crippen LogP contribution in [0, 0.1) is 11.8 Å². The molecule has 0 unspecified atom stereocenters. The van der Waals surface area contributed by atoms with Gasteiger partial charge in [0.15, 0.2) is 11.7 Å². The highest BCUT2D eigenvalue weighted by Gasteiger charge is 2.29. The van der Waals surface area contributed by atoms with Crippen LogP contribution in [0.4, 0.5) is 5.69 Å². The second kappa shape index (κ2) is 9.70. The van der Waals surface area contributed by atoms with E-state index in [1.165, 1.54) is 16.9 Å². The summed E-state index contributed by atoms with van der Waals surface area (Å²) in [4.78, 5) is 18.4. The van der Waals surface area contributed by atoms with Gasteiger partial charge in [-0.2, -0.15) is 0 Å². The Morgan fingerprint density at radius 1 is 1.11 bits per heavy atom. The standard InChI is InChI=1S/C22H34N4OS/c1-4-19-5-7-20(8-6-19)23-22(28)25-11-9-24(10-12-25)16-21(27)26-14-17(2)13-18(3)15-26/h5-8,17-18H,4,9-16H2,1-3H3,(H,23,28)/p+1/t17-,18+. The van der Waals surface area contributed by atoms with E-state index in [4.69, 9.17) is 12.2 Å². The molecule has 1 aromatic rings. The van der Waals surface area contributed by atoms with Gasteiger partial charge in [-0.3, -0.25) is 4.79 Å². The van der Waals surface area contributed by atoms with E-state index in [2.05, 4.69) is 60.2 Å². The molecular formula is C22H35N4OS+. The zero-order chi connectivity index (χ0) is 20.1. The summed E-state index contributed by atoms with van der Waals surface area (Å²) in [5.41, 5.74) is 2.37. The molecule has 2 atom stereocenters. The fraction of sp³-hybridized carbons (Fsp3) is 0.636. The lowest BCUT2D eigenvalue weighted by atomic mass is 9.92. The summed E-state index contributed by atoms with van der Waals surface area (Å²) in [6.45, 7) is 12.8. The summed E-state index contributed by atoms with van der Waals surface area (Å²) in [6.07, 6.45) is 2.28. The Bertz CT molecular complexity index is 660. The number of nitrogens with zero attached hydrogens (tertiary/aromatic N) is 2. The van der Waals surface area contributed by atoms with Crippen LogP contribution in [0.2, 0.25) is 0 Å². The number of aryl methyl sites for hydroxylation is 1. The number of benzene rings is 1. The molecule has 0 spiro atoms. The maximum absolute atomic E-state index is 12.7. The Kier molecular flexibility index (Phi) is 7.30. The summed E-state index contributed by atoms with van der Waals surface area (Å²) in [6, 6.07) is 8.46. The lowest BCUT2D eigenvalue weighted by molar-refractivity contribution is -0.896. The number of likely N-dealkylation sites (tertiary alicyclic amines) is 1. The largest absolute Gasteiger partial charge is 0.338 e. The molecule has 2 aliphatic rings. The van der Waals surface area contributed by atoms with Gasteiger partial charge in [0.25, 0.3) is 5.91 Å². The van der Waals surface area contributed by atoms with Crippen molar-refractivity contribution >= 4 is 28.9 Å². The summed E-state index contributed by atoms with van der Waals surface area (Å²) >= 11 is 5.60. The van der Waals surface area contributed by atoms with Crippen LogP contribution in [0.15, 0.2) is 24.3 Å². The van der Waals surface area contributed by atoms with Crippen LogP contribution in [0.5, 0.6) is 0 Å². The first-order chi connectivity index (χ1) is 13.4. The Morgan fingerprint density at radius 3 is 2.29 bits per heavy atom. The smallest absolute Gasteiger partial charge is 0.277 e. The van der Waals surface area contributed by atoms with E-state index in [0.29, 0.717) is 24.3 Å². The van der Waals surface area contributed by atoms with Gasteiger partial charge >= 0.3 is 0 Å². The second-order valence-electron chi connectivity index (χ2n) is 8.64. The predicted molar refractivity (Wildman–Crippen MR) is 119 cm³/mol. The molecule has 5 nitrogen and oxygen atoms in total. The van der Waals surface area contributed by atoms with Crippen LogP contribution in [0.25, 0.3) is 0 Å². The second-order valence-corrected chi connectivity index (χ2v) is 9.03. The monoisotopic (exact) mass is 403 g/mol. The number of amides is 1. The molecule has 2 aliphatic heterocycles. The van der Waals surface area contributed by atoms with Crippen LogP contribution in [0.3, 0.4) is 0 Å². The molecule has 2 fully saturated rings. The lowest BCUT2D eigenvalue weighted by Gasteiger charge is -2.37. The van der Waals surface area contributed by atoms with Crippen LogP contribution in [-0.4, -0.2) is 66.6 Å². The normalized spacial score (nSPS) is 23.5. The van der Waals surface area contributed by atoms with Gasteiger partial charge in [-0.15, -0.1) is 0 Å². The molecule has 1 amide bonds. The first kappa shape index (κ1) is 21.1. The average molecular weight is 404 g/mol. The van der Waals surface area contributed by atoms with E-state index in [-0.39, 0.29) is 0 Å². The predicted octanol–water partition coefficient (Wildman–Crippen LogP) is 1.65. The Labute approximate surface area is 175 Å². The first-order valence-electron chi connectivity index (χ1n) is 10.7. The molecule has 3 rings (SSSR count). The maximum Gasteiger partial charge on any atom is 0.277 e. The number of quaternary nitrogens is 1. The molecule has 2 heterocycles. The van der Waals surface area contributed by atoms with Crippen LogP contribution >= 0.6 is 12.2 Å². The zero-order valence-corrected chi connectivity index (χ0v) is 18.4. The Morgan fingerprint density at radius 2 is 1.71 bits per heavy atom. The number of piperazine rings is 1. The van der Waals surface area contributed by atoms with Crippen LogP contribution in [-0.2, 0) is 11.2 Å². The van der Waals surface area contributed by atoms with Crippen molar-refractivity contribution in [2.24, 2.45) is 11.8 Å². The fourth-order valence-electron chi connectivity index (χ4n) is 4.42. The lowest BCUT2D eigenvalue weighted by Crippen LogP contribution is -3.15. The molecule has 0 saturated carbocycles. The van der Waals surface area contributed by atoms with E-state index < -0.39 is 0 Å². The summed E-state index contributed by atoms with van der Waals surface area (Å²) in [5.74, 6) is 1.56. The summed E-state index contributed by atoms with van der Waals surface area (Å²) < 4.78 is 0. The summed E-state index contributed by atoms with van der Waals surface area (Å²) in [7, 11) is 0. The zero-order valence-electron chi connectivity index (χ0n) is 17.5. The quantitative estimate of drug-likeness (QED) is 0.750. The van der Waals surface area contributed by atoms with Gasteiger partial charge in [-0.25, -0.2) is 0 Å². The van der Waals surface area contributed by atoms with Gasteiger partial charge in [0, 0.05) is 18.8 Å². The van der Waals surface area contributed by atoms with Crippen molar-refractivity contribution < 1.29 is 9.69 Å². The van der Waals surface area contributed by atoms with Gasteiger partial charge in [0.1, 0.15) is 0 Å². The molecule has 0 radical (unpaired) electrons. The molecule has 2 N–H and O–H groups in total. The third-order valence-electron chi connectivity index (χ3n) is 5.99. The van der Waals surface area contributed by atoms with Crippen LogP contribution < -0.4 is 10.2 Å². The highest BCUT2D eigenvalue weighted by atomic mass is 32.1. The van der Waals surface area contributed by atoms with Crippen molar-refractivity contribution in [3.63, 3.8) is 0 Å². The van der Waals surface area contributed by atoms with Gasteiger partial charge in [0.2, 0.25) is 0 Å². The number of nitrogens with one attached hydrogen (secondary N) is 2. The number of thiocarbonyl (C=S) groups is 1. The van der Waals surface area contributed by atoms with E-state index >= 15 is 0 Å². The molecular weight excluding hydrogens is 368 g/mol. The van der Waals surface area contributed by atoms with Crippen molar-refractivity contribution in [2.75, 3.05) is 51.1 Å². The maximum atomic E-state index is 12.7. The highest BCUT2D eigenvalue weighted by molar-refractivity contribution is 7.80. The van der Waals surface area contributed by atoms with Crippen molar-refractivity contribution in [1.29, 1.82) is 0 Å². The van der Waals surface area contributed by atoms with E-state index in [1.807, 2.05) is 0 Å². The van der Waals surface area contributed by atoms with Crippen LogP contribution in [0.1, 0.15) is 32.8 Å². The van der Waals surface area contributed by atoms with Crippen molar-refractivity contribution in [1.82, 2.24) is 9.80 Å². The van der Waals surface area contributed by atoms with Crippen molar-refractivity contribution in [3.8, 4) is 0 Å². The molecule has 0 aliphatic carbocycles. The average Bonchev–Trinajstić information content (AvgIpc) is 2.68. The Balaban J connectivity index is 1.43. The third-order valence-corrected chi connectivity index (χ3v) is 6.35. The molecule has 1 aromatic carbocycles. The minimum Gasteiger partial charge on any atom is -0.338 e. The number of piperidine rings is 1. The molecule has 0 aromatic heterocycles. The van der Waals surface area contributed by atoms with Gasteiger partial charge < -0.3 is 20.0 Å². The number of carbonyl (C=O) groups is 1. The number of carbonyl (C=O) groups excluding carboxylic acids is 1. The molecule has 2 saturated heterocycles. The third kappa shape index (κ3) is 5.67. The van der Waals surface area contributed by atoms with E-state index in [0.717, 1.165) is 56.5 Å². The number of anilines is 1. The Hall–Kier alpha value is -1.66. The molecule has 0 bridgehead atoms. The number of hydrogen-bond donors (Lipinski definition) is 2. The van der Waals surface area contributed by atoms with Crippen molar-refractivity contribution in [3.05, 3.63) is 29.8 Å². The minimum atomic E-state index is 0.318. The fourth-order valence-corrected chi connectivity index (χ4v) is 4.72. The summed E-state index contributed by atoms with van der Waals surface area (Å²) in [5, 5.41) is 4.14. The van der Waals surface area contributed by atoms with Gasteiger partial charge in [-0.1, -0.05) is 32.9 Å². The minimum absolute atomic E-state index is 0.318.